The van der Waals surface area contributed by atoms with Crippen molar-refractivity contribution in [3.05, 3.63) is 29.8 Å². The maximum absolute atomic E-state index is 11.1. The zero-order chi connectivity index (χ0) is 12.5. The molecule has 0 radical (unpaired) electrons. The van der Waals surface area contributed by atoms with Crippen molar-refractivity contribution in [2.45, 2.75) is 19.8 Å². The summed E-state index contributed by atoms with van der Waals surface area (Å²) < 4.78 is 5.15. The maximum atomic E-state index is 11.1. The van der Waals surface area contributed by atoms with Gasteiger partial charge in [-0.1, -0.05) is 12.1 Å². The van der Waals surface area contributed by atoms with E-state index < -0.39 is 0 Å². The Balaban J connectivity index is 2.24. The molecule has 0 aliphatic carbocycles. The number of rotatable bonds is 6. The Morgan fingerprint density at radius 3 is 2.88 bits per heavy atom. The maximum Gasteiger partial charge on any atom is 0.314 e. The van der Waals surface area contributed by atoms with Crippen LogP contribution in [0.1, 0.15) is 18.9 Å². The van der Waals surface area contributed by atoms with Crippen molar-refractivity contribution in [2.75, 3.05) is 20.2 Å². The Bertz CT molecular complexity index is 353. The molecule has 0 fully saturated rings. The molecule has 4 nitrogen and oxygen atoms in total. The highest BCUT2D eigenvalue weighted by Crippen LogP contribution is 2.13. The van der Waals surface area contributed by atoms with E-state index in [1.54, 1.807) is 7.11 Å². The van der Waals surface area contributed by atoms with E-state index in [2.05, 4.69) is 16.7 Å². The van der Waals surface area contributed by atoms with Gasteiger partial charge in [-0.2, -0.15) is 0 Å². The number of aryl methyl sites for hydroxylation is 1. The lowest BCUT2D eigenvalue weighted by atomic mass is 10.1. The van der Waals surface area contributed by atoms with Crippen molar-refractivity contribution in [3.63, 3.8) is 0 Å². The number of ether oxygens (including phenoxy) is 1. The van der Waals surface area contributed by atoms with Gasteiger partial charge in [0.15, 0.2) is 0 Å². The number of carbonyl (C=O) groups excluding carboxylic acids is 1. The average Bonchev–Trinajstić information content (AvgIpc) is 2.35. The van der Waals surface area contributed by atoms with E-state index in [0.29, 0.717) is 13.1 Å². The van der Waals surface area contributed by atoms with Gasteiger partial charge in [-0.05, 0) is 37.5 Å². The van der Waals surface area contributed by atoms with E-state index in [1.807, 2.05) is 25.1 Å². The fraction of sp³-hybridized carbons (Fsp3) is 0.462. The molecule has 1 aromatic rings. The van der Waals surface area contributed by atoms with Crippen LogP contribution in [-0.4, -0.2) is 26.2 Å². The number of benzene rings is 1. The summed E-state index contributed by atoms with van der Waals surface area (Å²) in [4.78, 5) is 11.1. The van der Waals surface area contributed by atoms with Gasteiger partial charge in [0.25, 0.3) is 0 Å². The van der Waals surface area contributed by atoms with E-state index >= 15 is 0 Å². The quantitative estimate of drug-likeness (QED) is 0.742. The smallest absolute Gasteiger partial charge is 0.314 e. The van der Waals surface area contributed by atoms with E-state index in [0.717, 1.165) is 18.6 Å². The van der Waals surface area contributed by atoms with E-state index in [1.165, 1.54) is 5.56 Å². The number of amides is 2. The highest BCUT2D eigenvalue weighted by molar-refractivity contribution is 5.73. The number of methoxy groups -OCH3 is 1. The van der Waals surface area contributed by atoms with Crippen LogP contribution in [-0.2, 0) is 6.42 Å². The summed E-state index contributed by atoms with van der Waals surface area (Å²) in [7, 11) is 1.66. The van der Waals surface area contributed by atoms with Gasteiger partial charge in [0.2, 0.25) is 0 Å². The van der Waals surface area contributed by atoms with Gasteiger partial charge in [0.05, 0.1) is 7.11 Å². The van der Waals surface area contributed by atoms with E-state index in [4.69, 9.17) is 4.74 Å². The lowest BCUT2D eigenvalue weighted by Gasteiger charge is -2.06. The Morgan fingerprint density at radius 2 is 2.18 bits per heavy atom. The van der Waals surface area contributed by atoms with Crippen LogP contribution in [0.15, 0.2) is 24.3 Å². The number of hydrogen-bond acceptors (Lipinski definition) is 2. The summed E-state index contributed by atoms with van der Waals surface area (Å²) >= 11 is 0. The normalized spacial score (nSPS) is 9.76. The van der Waals surface area contributed by atoms with E-state index in [9.17, 15) is 4.79 Å². The molecule has 0 bridgehead atoms. The third-order valence-electron chi connectivity index (χ3n) is 2.40. The Kier molecular flexibility index (Phi) is 5.93. The molecule has 0 heterocycles. The Morgan fingerprint density at radius 1 is 1.35 bits per heavy atom. The predicted octanol–water partition coefficient (Wildman–Crippen LogP) is 1.95. The number of urea groups is 1. The highest BCUT2D eigenvalue weighted by Gasteiger charge is 1.98. The third-order valence-corrected chi connectivity index (χ3v) is 2.40. The highest BCUT2D eigenvalue weighted by atomic mass is 16.5. The standard InChI is InChI=1S/C13H20N2O2/c1-3-14-13(16)15-9-5-7-11-6-4-8-12(10-11)17-2/h4,6,8,10H,3,5,7,9H2,1-2H3,(H2,14,15,16). The van der Waals surface area contributed by atoms with Gasteiger partial charge in [0.1, 0.15) is 5.75 Å². The van der Waals surface area contributed by atoms with Gasteiger partial charge >= 0.3 is 6.03 Å². The molecule has 0 spiro atoms. The molecule has 17 heavy (non-hydrogen) atoms. The lowest BCUT2D eigenvalue weighted by molar-refractivity contribution is 0.241. The van der Waals surface area contributed by atoms with Gasteiger partial charge < -0.3 is 15.4 Å². The van der Waals surface area contributed by atoms with Gasteiger partial charge in [0, 0.05) is 13.1 Å². The molecular weight excluding hydrogens is 216 g/mol. The van der Waals surface area contributed by atoms with Crippen LogP contribution in [0.3, 0.4) is 0 Å². The molecule has 2 N–H and O–H groups in total. The SMILES string of the molecule is CCNC(=O)NCCCc1cccc(OC)c1. The molecule has 2 amide bonds. The Labute approximate surface area is 102 Å². The van der Waals surface area contributed by atoms with Crippen molar-refractivity contribution in [1.29, 1.82) is 0 Å². The minimum atomic E-state index is -0.0989. The molecule has 0 aliphatic rings. The molecule has 0 saturated carbocycles. The van der Waals surface area contributed by atoms with Crippen LogP contribution in [0.25, 0.3) is 0 Å². The first-order chi connectivity index (χ1) is 8.26. The lowest BCUT2D eigenvalue weighted by Crippen LogP contribution is -2.35. The van der Waals surface area contributed by atoms with Crippen LogP contribution < -0.4 is 15.4 Å². The summed E-state index contributed by atoms with van der Waals surface area (Å²) in [5.74, 6) is 0.874. The molecule has 0 aliphatic heterocycles. The van der Waals surface area contributed by atoms with Gasteiger partial charge in [-0.25, -0.2) is 4.79 Å². The molecule has 1 aromatic carbocycles. The van der Waals surface area contributed by atoms with Crippen LogP contribution >= 0.6 is 0 Å². The zero-order valence-corrected chi connectivity index (χ0v) is 10.5. The molecule has 94 valence electrons. The van der Waals surface area contributed by atoms with Gasteiger partial charge in [-0.15, -0.1) is 0 Å². The fourth-order valence-corrected chi connectivity index (χ4v) is 1.55. The molecule has 4 heteroatoms. The second-order valence-corrected chi connectivity index (χ2v) is 3.74. The van der Waals surface area contributed by atoms with Crippen molar-refractivity contribution < 1.29 is 9.53 Å². The zero-order valence-electron chi connectivity index (χ0n) is 10.5. The molecule has 0 saturated heterocycles. The fourth-order valence-electron chi connectivity index (χ4n) is 1.55. The van der Waals surface area contributed by atoms with Crippen molar-refractivity contribution in [3.8, 4) is 5.75 Å². The predicted molar refractivity (Wildman–Crippen MR) is 68.4 cm³/mol. The largest absolute Gasteiger partial charge is 0.497 e. The average molecular weight is 236 g/mol. The summed E-state index contributed by atoms with van der Waals surface area (Å²) in [6.45, 7) is 3.24. The monoisotopic (exact) mass is 236 g/mol. The van der Waals surface area contributed by atoms with Crippen LogP contribution in [0, 0.1) is 0 Å². The van der Waals surface area contributed by atoms with E-state index in [-0.39, 0.29) is 6.03 Å². The van der Waals surface area contributed by atoms with Crippen molar-refractivity contribution >= 4 is 6.03 Å². The topological polar surface area (TPSA) is 50.4 Å². The first-order valence-electron chi connectivity index (χ1n) is 5.91. The van der Waals surface area contributed by atoms with Crippen LogP contribution in [0.2, 0.25) is 0 Å². The van der Waals surface area contributed by atoms with Gasteiger partial charge in [-0.3, -0.25) is 0 Å². The summed E-state index contributed by atoms with van der Waals surface area (Å²) in [6, 6.07) is 7.89. The van der Waals surface area contributed by atoms with Crippen molar-refractivity contribution in [1.82, 2.24) is 10.6 Å². The second kappa shape index (κ2) is 7.54. The van der Waals surface area contributed by atoms with Crippen LogP contribution in [0.5, 0.6) is 5.75 Å². The number of carbonyl (C=O) groups is 1. The molecule has 0 aromatic heterocycles. The summed E-state index contributed by atoms with van der Waals surface area (Å²) in [6.07, 6.45) is 1.86. The number of hydrogen-bond donors (Lipinski definition) is 2. The minimum Gasteiger partial charge on any atom is -0.497 e. The first-order valence-corrected chi connectivity index (χ1v) is 5.91. The molecular formula is C13H20N2O2. The molecule has 0 unspecified atom stereocenters. The first kappa shape index (κ1) is 13.4. The third kappa shape index (κ3) is 5.24. The second-order valence-electron chi connectivity index (χ2n) is 3.74. The summed E-state index contributed by atoms with van der Waals surface area (Å²) in [5, 5.41) is 5.49. The van der Waals surface area contributed by atoms with Crippen LogP contribution in [0.4, 0.5) is 4.79 Å². The minimum absolute atomic E-state index is 0.0989. The molecule has 1 rings (SSSR count). The summed E-state index contributed by atoms with van der Waals surface area (Å²) in [5.41, 5.74) is 1.22. The Hall–Kier alpha value is -1.71. The van der Waals surface area contributed by atoms with Crippen molar-refractivity contribution in [2.24, 2.45) is 0 Å². The number of nitrogens with one attached hydrogen (secondary N) is 2. The molecule has 0 atom stereocenters.